The molecule has 180 valence electrons. The van der Waals surface area contributed by atoms with E-state index in [0.717, 1.165) is 29.5 Å². The lowest BCUT2D eigenvalue weighted by Gasteiger charge is -2.18. The van der Waals surface area contributed by atoms with Gasteiger partial charge in [0.05, 0.1) is 10.8 Å². The summed E-state index contributed by atoms with van der Waals surface area (Å²) in [5, 5.41) is 3.44. The molecule has 2 rings (SSSR count). The number of alkyl halides is 3. The highest BCUT2D eigenvalue weighted by molar-refractivity contribution is 8.13. The fourth-order valence-corrected chi connectivity index (χ4v) is 3.42. The predicted molar refractivity (Wildman–Crippen MR) is 128 cm³/mol. The summed E-state index contributed by atoms with van der Waals surface area (Å²) in [6.07, 6.45) is -4.73. The number of hydrogen-bond donors (Lipinski definition) is 2. The van der Waals surface area contributed by atoms with Crippen LogP contribution in [0.4, 0.5) is 13.2 Å². The number of carbonyl (C=O) groups is 2. The zero-order valence-electron chi connectivity index (χ0n) is 18.2. The van der Waals surface area contributed by atoms with Gasteiger partial charge in [-0.25, -0.2) is 0 Å². The molecule has 2 aromatic carbocycles. The van der Waals surface area contributed by atoms with Gasteiger partial charge in [-0.3, -0.25) is 9.59 Å². The van der Waals surface area contributed by atoms with Gasteiger partial charge in [-0.2, -0.15) is 25.8 Å². The molecule has 0 aliphatic carbocycles. The van der Waals surface area contributed by atoms with Gasteiger partial charge in [0.1, 0.15) is 18.5 Å². The molecule has 0 radical (unpaired) electrons. The number of carbonyl (C=O) groups excluding carboxylic acids is 2. The van der Waals surface area contributed by atoms with Crippen LogP contribution in [0.3, 0.4) is 0 Å². The van der Waals surface area contributed by atoms with Crippen LogP contribution in [0.25, 0.3) is 0 Å². The van der Waals surface area contributed by atoms with Crippen LogP contribution >= 0.6 is 24.4 Å². The molecule has 5 nitrogen and oxygen atoms in total. The molecule has 1 amide bonds. The van der Waals surface area contributed by atoms with E-state index in [9.17, 15) is 22.8 Å². The Balaban J connectivity index is 0.00000172. The number of hydrogen-bond acceptors (Lipinski definition) is 6. The van der Waals surface area contributed by atoms with Crippen molar-refractivity contribution in [2.24, 2.45) is 0 Å². The van der Waals surface area contributed by atoms with Crippen molar-refractivity contribution in [2.75, 3.05) is 20.8 Å². The van der Waals surface area contributed by atoms with Gasteiger partial charge in [-0.05, 0) is 47.2 Å². The zero-order valence-corrected chi connectivity index (χ0v) is 19.9. The zero-order chi connectivity index (χ0) is 24.9. The number of benzene rings is 2. The molecular weight excluding hydrogens is 475 g/mol. The smallest absolute Gasteiger partial charge is 0.416 e. The summed E-state index contributed by atoms with van der Waals surface area (Å²) in [6.45, 7) is 3.25. The summed E-state index contributed by atoms with van der Waals surface area (Å²) in [5.74, 6) is 0.267. The molecule has 0 aliphatic heterocycles. The summed E-state index contributed by atoms with van der Waals surface area (Å²) in [4.78, 5) is 22.5. The van der Waals surface area contributed by atoms with Gasteiger partial charge < -0.3 is 14.8 Å². The average molecular weight is 502 g/mol. The van der Waals surface area contributed by atoms with E-state index in [0.29, 0.717) is 23.4 Å². The molecule has 1 N–H and O–H groups in total. The number of halogens is 3. The van der Waals surface area contributed by atoms with Gasteiger partial charge in [0.15, 0.2) is 5.62 Å². The monoisotopic (exact) mass is 501 g/mol. The van der Waals surface area contributed by atoms with E-state index < -0.39 is 23.1 Å². The molecule has 0 saturated heterocycles. The largest absolute Gasteiger partial charge is 0.491 e. The molecule has 2 atom stereocenters. The number of ether oxygens (including phenoxy) is 2. The maximum atomic E-state index is 12.9. The summed E-state index contributed by atoms with van der Waals surface area (Å²) in [5.41, 5.74) is 1.09. The minimum absolute atomic E-state index is 0.0268. The Bertz CT molecular complexity index is 892. The minimum atomic E-state index is -4.43. The Morgan fingerprint density at radius 1 is 1.24 bits per heavy atom. The maximum Gasteiger partial charge on any atom is 0.416 e. The fraction of sp³-hybridized carbons (Fsp3) is 0.304. The van der Waals surface area contributed by atoms with Crippen molar-refractivity contribution in [1.82, 2.24) is 5.32 Å². The molecule has 0 bridgehead atoms. The van der Waals surface area contributed by atoms with Crippen molar-refractivity contribution in [3.63, 3.8) is 0 Å². The third kappa shape index (κ3) is 9.93. The summed E-state index contributed by atoms with van der Waals surface area (Å²) in [7, 11) is 2.91. The van der Waals surface area contributed by atoms with Gasteiger partial charge in [0.25, 0.3) is 0 Å². The molecule has 2 unspecified atom stereocenters. The van der Waals surface area contributed by atoms with Gasteiger partial charge in [0, 0.05) is 14.2 Å². The van der Waals surface area contributed by atoms with Gasteiger partial charge in [0.2, 0.25) is 5.91 Å². The normalized spacial score (nSPS) is 12.5. The average Bonchev–Trinajstić information content (AvgIpc) is 2.80. The highest BCUT2D eigenvalue weighted by Crippen LogP contribution is 2.31. The number of methoxy groups -OCH3 is 1. The number of amides is 1. The molecular formula is C23H26F3NO4S2. The number of thiol groups is 1. The summed E-state index contributed by atoms with van der Waals surface area (Å²) >= 11 is 4.46. The first-order chi connectivity index (χ1) is 15.7. The van der Waals surface area contributed by atoms with Crippen molar-refractivity contribution >= 4 is 35.9 Å². The van der Waals surface area contributed by atoms with E-state index in [1.165, 1.54) is 25.6 Å². The van der Waals surface area contributed by atoms with E-state index in [1.807, 2.05) is 0 Å². The molecule has 0 aromatic heterocycles. The first-order valence-electron chi connectivity index (χ1n) is 9.67. The second-order valence-electron chi connectivity index (χ2n) is 6.52. The first kappa shape index (κ1) is 28.6. The van der Waals surface area contributed by atoms with Crippen LogP contribution < -0.4 is 10.1 Å². The van der Waals surface area contributed by atoms with E-state index >= 15 is 0 Å². The summed E-state index contributed by atoms with van der Waals surface area (Å²) < 4.78 is 49.7. The molecule has 0 heterocycles. The predicted octanol–water partition coefficient (Wildman–Crippen LogP) is 5.11. The van der Waals surface area contributed by atoms with Crippen LogP contribution in [-0.2, 0) is 26.9 Å². The second kappa shape index (κ2) is 14.7. The van der Waals surface area contributed by atoms with Gasteiger partial charge >= 0.3 is 6.18 Å². The Morgan fingerprint density at radius 2 is 1.88 bits per heavy atom. The van der Waals surface area contributed by atoms with Gasteiger partial charge in [-0.1, -0.05) is 42.6 Å². The van der Waals surface area contributed by atoms with Crippen molar-refractivity contribution in [2.45, 2.75) is 24.0 Å². The van der Waals surface area contributed by atoms with Crippen molar-refractivity contribution in [3.8, 4) is 5.75 Å². The van der Waals surface area contributed by atoms with Crippen molar-refractivity contribution < 1.29 is 32.2 Å². The minimum Gasteiger partial charge on any atom is -0.491 e. The Labute approximate surface area is 201 Å². The molecule has 0 spiro atoms. The van der Waals surface area contributed by atoms with Crippen LogP contribution in [0.1, 0.15) is 22.8 Å². The first-order valence-corrected chi connectivity index (χ1v) is 11.1. The quantitative estimate of drug-likeness (QED) is 0.350. The Kier molecular flexibility index (Phi) is 12.7. The topological polar surface area (TPSA) is 64.6 Å². The molecule has 0 aliphatic rings. The van der Waals surface area contributed by atoms with Crippen molar-refractivity contribution in [3.05, 3.63) is 77.2 Å². The van der Waals surface area contributed by atoms with Crippen LogP contribution in [0.2, 0.25) is 0 Å². The molecule has 33 heavy (non-hydrogen) atoms. The number of thioether (sulfide) groups is 1. The third-order valence-electron chi connectivity index (χ3n) is 4.37. The maximum absolute atomic E-state index is 12.9. The standard InChI is InChI=1S/C21H22F3NO4S.C2H4S/c1-25-20(27)19(30-13-26)10-14-6-8-17(9-7-14)29-12-18(28-2)15-4-3-5-16(11-15)21(22,23)24;1-2-3/h3-9,11,13,18-19H,10,12H2,1-2H3,(H,25,27);2-3H,1H2. The van der Waals surface area contributed by atoms with Crippen LogP contribution in [-0.4, -0.2) is 37.5 Å². The number of nitrogens with one attached hydrogen (secondary N) is 1. The van der Waals surface area contributed by atoms with Crippen LogP contribution in [0.15, 0.2) is 60.5 Å². The van der Waals surface area contributed by atoms with Crippen molar-refractivity contribution in [1.29, 1.82) is 0 Å². The lowest BCUT2D eigenvalue weighted by molar-refractivity contribution is -0.137. The lowest BCUT2D eigenvalue weighted by atomic mass is 10.1. The van der Waals surface area contributed by atoms with Crippen LogP contribution in [0.5, 0.6) is 5.75 Å². The SMILES string of the molecule is C=CS.CNC(=O)C(Cc1ccc(OCC(OC)c2cccc(C(F)(F)F)c2)cc1)SC=O. The fourth-order valence-electron chi connectivity index (χ4n) is 2.75. The Hall–Kier alpha value is -2.43. The van der Waals surface area contributed by atoms with E-state index in [2.05, 4.69) is 24.5 Å². The van der Waals surface area contributed by atoms with Crippen LogP contribution in [0, 0.1) is 0 Å². The molecule has 10 heteroatoms. The highest BCUT2D eigenvalue weighted by Gasteiger charge is 2.31. The Morgan fingerprint density at radius 3 is 2.39 bits per heavy atom. The van der Waals surface area contributed by atoms with E-state index in [1.54, 1.807) is 30.3 Å². The van der Waals surface area contributed by atoms with Gasteiger partial charge in [-0.15, -0.1) is 0 Å². The van der Waals surface area contributed by atoms with E-state index in [-0.39, 0.29) is 12.5 Å². The lowest BCUT2D eigenvalue weighted by Crippen LogP contribution is -2.31. The third-order valence-corrected chi connectivity index (χ3v) is 5.20. The summed E-state index contributed by atoms with van der Waals surface area (Å²) in [6, 6.07) is 11.9. The molecule has 0 fully saturated rings. The number of rotatable bonds is 10. The second-order valence-corrected chi connectivity index (χ2v) is 7.92. The molecule has 0 saturated carbocycles. The molecule has 2 aromatic rings. The van der Waals surface area contributed by atoms with E-state index in [4.69, 9.17) is 9.47 Å². The highest BCUT2D eigenvalue weighted by atomic mass is 32.2.